The average Bonchev–Trinajstić information content (AvgIpc) is 3.32. The molecule has 1 amide bonds. The number of methoxy groups -OCH3 is 1. The Bertz CT molecular complexity index is 1140. The molecule has 1 aromatic heterocycles. The van der Waals surface area contributed by atoms with Crippen LogP contribution in [0.15, 0.2) is 40.9 Å². The third-order valence-electron chi connectivity index (χ3n) is 6.19. The normalized spacial score (nSPS) is 15.8. The van der Waals surface area contributed by atoms with Crippen LogP contribution in [0.5, 0.6) is 5.75 Å². The molecule has 0 aliphatic carbocycles. The second kappa shape index (κ2) is 10.5. The van der Waals surface area contributed by atoms with Crippen molar-refractivity contribution < 1.29 is 14.1 Å². The Labute approximate surface area is 204 Å². The van der Waals surface area contributed by atoms with E-state index in [2.05, 4.69) is 32.2 Å². The van der Waals surface area contributed by atoms with E-state index >= 15 is 0 Å². The number of benzene rings is 2. The highest BCUT2D eigenvalue weighted by Crippen LogP contribution is 2.31. The van der Waals surface area contributed by atoms with Gasteiger partial charge in [0.2, 0.25) is 17.6 Å². The van der Waals surface area contributed by atoms with E-state index in [0.29, 0.717) is 34.7 Å². The first-order chi connectivity index (χ1) is 16.3. The van der Waals surface area contributed by atoms with Gasteiger partial charge in [-0.15, -0.1) is 0 Å². The Morgan fingerprint density at radius 1 is 1.18 bits per heavy atom. The average molecular weight is 484 g/mol. The molecule has 3 aromatic rings. The molecule has 1 atom stereocenters. The van der Waals surface area contributed by atoms with Gasteiger partial charge in [0.1, 0.15) is 5.75 Å². The van der Waals surface area contributed by atoms with Gasteiger partial charge in [-0.2, -0.15) is 4.98 Å². The van der Waals surface area contributed by atoms with Gasteiger partial charge in [0.15, 0.2) is 0 Å². The molecule has 4 rings (SSSR count). The van der Waals surface area contributed by atoms with E-state index in [-0.39, 0.29) is 11.9 Å². The number of nitrogens with one attached hydrogen (secondary N) is 1. The lowest BCUT2D eigenvalue weighted by atomic mass is 10.1. The molecule has 2 aromatic carbocycles. The van der Waals surface area contributed by atoms with Crippen LogP contribution in [0.3, 0.4) is 0 Å². The fourth-order valence-corrected chi connectivity index (χ4v) is 4.17. The molecule has 180 valence electrons. The third kappa shape index (κ3) is 5.58. The number of halogens is 1. The SMILES string of the molecule is COc1cc(Cl)c(C)cc1NC(=O)CN1CCN(C(C)c2nc(-c3ccc(C)cc3)no2)CC1. The van der Waals surface area contributed by atoms with Crippen molar-refractivity contribution in [3.63, 3.8) is 0 Å². The summed E-state index contributed by atoms with van der Waals surface area (Å²) in [5, 5.41) is 7.71. The summed E-state index contributed by atoms with van der Waals surface area (Å²) in [6.45, 7) is 9.48. The van der Waals surface area contributed by atoms with Crippen LogP contribution in [0.1, 0.15) is 30.0 Å². The highest BCUT2D eigenvalue weighted by Gasteiger charge is 2.27. The number of anilines is 1. The summed E-state index contributed by atoms with van der Waals surface area (Å²) in [6, 6.07) is 11.6. The maximum absolute atomic E-state index is 12.7. The van der Waals surface area contributed by atoms with Gasteiger partial charge in [0, 0.05) is 42.8 Å². The molecule has 1 aliphatic rings. The van der Waals surface area contributed by atoms with Crippen LogP contribution in [0, 0.1) is 13.8 Å². The van der Waals surface area contributed by atoms with E-state index in [1.54, 1.807) is 13.2 Å². The fourth-order valence-electron chi connectivity index (χ4n) is 4.01. The Balaban J connectivity index is 1.30. The first-order valence-corrected chi connectivity index (χ1v) is 11.7. The molecule has 0 radical (unpaired) electrons. The minimum absolute atomic E-state index is 0.00368. The van der Waals surface area contributed by atoms with Gasteiger partial charge in [0.05, 0.1) is 25.4 Å². The lowest BCUT2D eigenvalue weighted by Crippen LogP contribution is -2.49. The number of ether oxygens (including phenoxy) is 1. The molecule has 0 spiro atoms. The van der Waals surface area contributed by atoms with Gasteiger partial charge < -0.3 is 14.6 Å². The molecule has 1 aliphatic heterocycles. The first-order valence-electron chi connectivity index (χ1n) is 11.3. The van der Waals surface area contributed by atoms with Gasteiger partial charge >= 0.3 is 0 Å². The van der Waals surface area contributed by atoms with Gasteiger partial charge in [-0.25, -0.2) is 0 Å². The maximum Gasteiger partial charge on any atom is 0.244 e. The van der Waals surface area contributed by atoms with E-state index in [4.69, 9.17) is 20.9 Å². The first kappa shape index (κ1) is 24.2. The van der Waals surface area contributed by atoms with Crippen LogP contribution in [-0.2, 0) is 4.79 Å². The summed E-state index contributed by atoms with van der Waals surface area (Å²) in [7, 11) is 1.56. The summed E-state index contributed by atoms with van der Waals surface area (Å²) in [5.74, 6) is 1.67. The molecule has 1 fully saturated rings. The van der Waals surface area contributed by atoms with Gasteiger partial charge in [-0.1, -0.05) is 46.6 Å². The van der Waals surface area contributed by atoms with Crippen molar-refractivity contribution in [2.24, 2.45) is 0 Å². The summed E-state index contributed by atoms with van der Waals surface area (Å²) in [4.78, 5) is 21.7. The topological polar surface area (TPSA) is 83.7 Å². The summed E-state index contributed by atoms with van der Waals surface area (Å²) >= 11 is 6.16. The predicted octanol–water partition coefficient (Wildman–Crippen LogP) is 4.33. The minimum atomic E-state index is -0.0823. The smallest absolute Gasteiger partial charge is 0.244 e. The Hall–Kier alpha value is -2.94. The van der Waals surface area contributed by atoms with Gasteiger partial charge in [0.25, 0.3) is 0 Å². The second-order valence-electron chi connectivity index (χ2n) is 8.66. The standard InChI is InChI=1S/C25H30ClN5O3/c1-16-5-7-19(8-6-16)24-28-25(34-29-24)18(3)31-11-9-30(10-12-31)15-23(32)27-21-13-17(2)20(26)14-22(21)33-4/h5-8,13-14,18H,9-12,15H2,1-4H3,(H,27,32). The van der Waals surface area contributed by atoms with Crippen molar-refractivity contribution in [2.75, 3.05) is 45.2 Å². The van der Waals surface area contributed by atoms with Crippen LogP contribution in [0.2, 0.25) is 5.02 Å². The molecule has 0 saturated carbocycles. The Kier molecular flexibility index (Phi) is 7.50. The molecule has 8 nitrogen and oxygen atoms in total. The van der Waals surface area contributed by atoms with Crippen molar-refractivity contribution in [3.8, 4) is 17.1 Å². The largest absolute Gasteiger partial charge is 0.495 e. The number of hydrogen-bond donors (Lipinski definition) is 1. The number of nitrogens with zero attached hydrogens (tertiary/aromatic N) is 4. The summed E-state index contributed by atoms with van der Waals surface area (Å²) in [5.41, 5.74) is 3.64. The quantitative estimate of drug-likeness (QED) is 0.535. The molecule has 34 heavy (non-hydrogen) atoms. The van der Waals surface area contributed by atoms with Crippen LogP contribution in [-0.4, -0.2) is 65.7 Å². The molecule has 0 bridgehead atoms. The highest BCUT2D eigenvalue weighted by atomic mass is 35.5. The lowest BCUT2D eigenvalue weighted by Gasteiger charge is -2.36. The minimum Gasteiger partial charge on any atom is -0.495 e. The fraction of sp³-hybridized carbons (Fsp3) is 0.400. The number of aryl methyl sites for hydroxylation is 2. The Morgan fingerprint density at radius 3 is 2.56 bits per heavy atom. The van der Waals surface area contributed by atoms with Crippen LogP contribution < -0.4 is 10.1 Å². The molecule has 1 saturated heterocycles. The van der Waals surface area contributed by atoms with E-state index in [9.17, 15) is 4.79 Å². The lowest BCUT2D eigenvalue weighted by molar-refractivity contribution is -0.117. The van der Waals surface area contributed by atoms with Crippen molar-refractivity contribution >= 4 is 23.2 Å². The molecular formula is C25H30ClN5O3. The zero-order valence-electron chi connectivity index (χ0n) is 20.0. The second-order valence-corrected chi connectivity index (χ2v) is 9.07. The van der Waals surface area contributed by atoms with Crippen LogP contribution in [0.4, 0.5) is 5.69 Å². The van der Waals surface area contributed by atoms with Gasteiger partial charge in [-0.3, -0.25) is 14.6 Å². The summed E-state index contributed by atoms with van der Waals surface area (Å²) < 4.78 is 10.9. The van der Waals surface area contributed by atoms with Gasteiger partial charge in [-0.05, 0) is 32.4 Å². The Morgan fingerprint density at radius 2 is 1.88 bits per heavy atom. The third-order valence-corrected chi connectivity index (χ3v) is 6.59. The molecule has 1 unspecified atom stereocenters. The highest BCUT2D eigenvalue weighted by molar-refractivity contribution is 6.31. The maximum atomic E-state index is 12.7. The zero-order valence-corrected chi connectivity index (χ0v) is 20.7. The van der Waals surface area contributed by atoms with Crippen molar-refractivity contribution in [2.45, 2.75) is 26.8 Å². The van der Waals surface area contributed by atoms with Crippen LogP contribution >= 0.6 is 11.6 Å². The van der Waals surface area contributed by atoms with E-state index in [0.717, 1.165) is 37.3 Å². The van der Waals surface area contributed by atoms with E-state index in [1.807, 2.05) is 44.2 Å². The van der Waals surface area contributed by atoms with Crippen molar-refractivity contribution in [1.82, 2.24) is 19.9 Å². The predicted molar refractivity (Wildman–Crippen MR) is 132 cm³/mol. The zero-order chi connectivity index (χ0) is 24.2. The van der Waals surface area contributed by atoms with Crippen molar-refractivity contribution in [3.05, 3.63) is 58.4 Å². The van der Waals surface area contributed by atoms with E-state index < -0.39 is 0 Å². The monoisotopic (exact) mass is 483 g/mol. The molecular weight excluding hydrogens is 454 g/mol. The molecule has 9 heteroatoms. The number of carbonyl (C=O) groups is 1. The molecule has 1 N–H and O–H groups in total. The number of piperazine rings is 1. The number of aromatic nitrogens is 2. The number of carbonyl (C=O) groups excluding carboxylic acids is 1. The van der Waals surface area contributed by atoms with Crippen molar-refractivity contribution in [1.29, 1.82) is 0 Å². The van der Waals surface area contributed by atoms with Crippen LogP contribution in [0.25, 0.3) is 11.4 Å². The molecule has 2 heterocycles. The number of amides is 1. The number of hydrogen-bond acceptors (Lipinski definition) is 7. The van der Waals surface area contributed by atoms with E-state index in [1.165, 1.54) is 5.56 Å². The summed E-state index contributed by atoms with van der Waals surface area (Å²) in [6.07, 6.45) is 0. The number of rotatable bonds is 7.